The van der Waals surface area contributed by atoms with Crippen LogP contribution in [-0.4, -0.2) is 47.9 Å². The largest absolute Gasteiger partial charge is 0.343 e. The third kappa shape index (κ3) is 4.70. The van der Waals surface area contributed by atoms with E-state index in [9.17, 15) is 4.79 Å². The Balaban J connectivity index is 1.73. The number of hydrogen-bond donors (Lipinski definition) is 0. The van der Waals surface area contributed by atoms with Gasteiger partial charge in [-0.1, -0.05) is 27.2 Å². The van der Waals surface area contributed by atoms with Crippen LogP contribution in [0.25, 0.3) is 0 Å². The molecule has 0 aromatic heterocycles. The molecule has 0 aromatic carbocycles. The van der Waals surface area contributed by atoms with Gasteiger partial charge in [-0.2, -0.15) is 0 Å². The van der Waals surface area contributed by atoms with Crippen molar-refractivity contribution in [3.05, 3.63) is 0 Å². The molecule has 0 bridgehead atoms. The van der Waals surface area contributed by atoms with Gasteiger partial charge in [-0.05, 0) is 50.5 Å². The molecule has 3 heteroatoms. The zero-order valence-electron chi connectivity index (χ0n) is 14.3. The Bertz CT molecular complexity index is 321. The highest BCUT2D eigenvalue weighted by atomic mass is 16.2. The van der Waals surface area contributed by atoms with Crippen molar-refractivity contribution in [2.45, 2.75) is 71.8 Å². The summed E-state index contributed by atoms with van der Waals surface area (Å²) in [6.45, 7) is 11.4. The monoisotopic (exact) mass is 294 g/mol. The van der Waals surface area contributed by atoms with Crippen LogP contribution < -0.4 is 0 Å². The average Bonchev–Trinajstić information content (AvgIpc) is 2.94. The summed E-state index contributed by atoms with van der Waals surface area (Å²) in [6.07, 6.45) is 8.08. The van der Waals surface area contributed by atoms with Gasteiger partial charge in [-0.25, -0.2) is 0 Å². The van der Waals surface area contributed by atoms with Gasteiger partial charge in [0.2, 0.25) is 5.91 Å². The molecule has 1 atom stereocenters. The van der Waals surface area contributed by atoms with Crippen LogP contribution in [0.2, 0.25) is 0 Å². The fourth-order valence-corrected chi connectivity index (χ4v) is 4.02. The Labute approximate surface area is 131 Å². The van der Waals surface area contributed by atoms with E-state index < -0.39 is 0 Å². The van der Waals surface area contributed by atoms with E-state index in [-0.39, 0.29) is 0 Å². The van der Waals surface area contributed by atoms with Crippen LogP contribution >= 0.6 is 0 Å². The van der Waals surface area contributed by atoms with Gasteiger partial charge < -0.3 is 4.90 Å². The second-order valence-corrected chi connectivity index (χ2v) is 7.38. The van der Waals surface area contributed by atoms with E-state index in [2.05, 4.69) is 30.6 Å². The average molecular weight is 294 g/mol. The van der Waals surface area contributed by atoms with Gasteiger partial charge in [-0.3, -0.25) is 9.69 Å². The molecular weight excluding hydrogens is 260 g/mol. The maximum atomic E-state index is 12.1. The first-order valence-corrected chi connectivity index (χ1v) is 9.13. The molecule has 122 valence electrons. The number of carbonyl (C=O) groups is 1. The molecule has 2 aliphatic rings. The zero-order chi connectivity index (χ0) is 15.2. The minimum atomic E-state index is 0.386. The van der Waals surface area contributed by atoms with E-state index >= 15 is 0 Å². The van der Waals surface area contributed by atoms with Crippen molar-refractivity contribution in [1.82, 2.24) is 9.80 Å². The summed E-state index contributed by atoms with van der Waals surface area (Å²) in [5, 5.41) is 0. The quantitative estimate of drug-likeness (QED) is 0.748. The summed E-state index contributed by atoms with van der Waals surface area (Å²) in [5.41, 5.74) is 0. The molecule has 0 N–H and O–H groups in total. The number of unbranched alkanes of at least 4 members (excludes halogenated alkanes) is 1. The highest BCUT2D eigenvalue weighted by Crippen LogP contribution is 2.27. The normalized spacial score (nSPS) is 25.0. The van der Waals surface area contributed by atoms with Crippen LogP contribution in [0.1, 0.15) is 65.7 Å². The van der Waals surface area contributed by atoms with Crippen LogP contribution in [0, 0.1) is 11.8 Å². The molecule has 1 amide bonds. The number of nitrogens with zero attached hydrogens (tertiary/aromatic N) is 2. The molecule has 2 rings (SSSR count). The molecule has 2 heterocycles. The minimum Gasteiger partial charge on any atom is -0.343 e. The first-order chi connectivity index (χ1) is 10.1. The molecule has 0 aliphatic carbocycles. The van der Waals surface area contributed by atoms with Gasteiger partial charge in [0.05, 0.1) is 0 Å². The summed E-state index contributed by atoms with van der Waals surface area (Å²) in [7, 11) is 0. The van der Waals surface area contributed by atoms with Crippen LogP contribution in [0.3, 0.4) is 0 Å². The number of hydrogen-bond acceptors (Lipinski definition) is 2. The van der Waals surface area contributed by atoms with Crippen LogP contribution in [0.5, 0.6) is 0 Å². The Morgan fingerprint density at radius 2 is 1.86 bits per heavy atom. The number of likely N-dealkylation sites (tertiary alicyclic amines) is 2. The van der Waals surface area contributed by atoms with Crippen molar-refractivity contribution >= 4 is 5.91 Å². The summed E-state index contributed by atoms with van der Waals surface area (Å²) in [6, 6.07) is 0.800. The third-order valence-corrected chi connectivity index (χ3v) is 5.39. The van der Waals surface area contributed by atoms with Gasteiger partial charge in [0.15, 0.2) is 0 Å². The smallest absolute Gasteiger partial charge is 0.222 e. The van der Waals surface area contributed by atoms with E-state index in [4.69, 9.17) is 0 Å². The predicted molar refractivity (Wildman–Crippen MR) is 88.3 cm³/mol. The molecule has 2 aliphatic heterocycles. The zero-order valence-corrected chi connectivity index (χ0v) is 14.3. The molecule has 21 heavy (non-hydrogen) atoms. The third-order valence-electron chi connectivity index (χ3n) is 5.39. The Morgan fingerprint density at radius 3 is 2.48 bits per heavy atom. The van der Waals surface area contributed by atoms with Gasteiger partial charge >= 0.3 is 0 Å². The lowest BCUT2D eigenvalue weighted by Gasteiger charge is -2.36. The first kappa shape index (κ1) is 16.8. The van der Waals surface area contributed by atoms with Crippen LogP contribution in [-0.2, 0) is 4.79 Å². The molecule has 0 aromatic rings. The molecule has 2 saturated heterocycles. The van der Waals surface area contributed by atoms with Crippen molar-refractivity contribution < 1.29 is 4.79 Å². The summed E-state index contributed by atoms with van der Waals surface area (Å²) >= 11 is 0. The second-order valence-electron chi connectivity index (χ2n) is 7.38. The van der Waals surface area contributed by atoms with Crippen molar-refractivity contribution in [1.29, 1.82) is 0 Å². The molecule has 1 unspecified atom stereocenters. The number of carbonyl (C=O) groups excluding carboxylic acids is 1. The van der Waals surface area contributed by atoms with Crippen molar-refractivity contribution in [2.24, 2.45) is 11.8 Å². The van der Waals surface area contributed by atoms with Crippen LogP contribution in [0.4, 0.5) is 0 Å². The maximum Gasteiger partial charge on any atom is 0.222 e. The first-order valence-electron chi connectivity index (χ1n) is 9.13. The Kier molecular flexibility index (Phi) is 6.53. The SMILES string of the molecule is CCCCC(=O)N1CCC(CN2CCCC2C(C)C)CC1. The summed E-state index contributed by atoms with van der Waals surface area (Å²) in [4.78, 5) is 16.9. The van der Waals surface area contributed by atoms with E-state index in [0.29, 0.717) is 5.91 Å². The van der Waals surface area contributed by atoms with Gasteiger partial charge in [0.25, 0.3) is 0 Å². The highest BCUT2D eigenvalue weighted by molar-refractivity contribution is 5.76. The maximum absolute atomic E-state index is 12.1. The standard InChI is InChI=1S/C18H34N2O/c1-4-5-8-18(21)19-12-9-16(10-13-19)14-20-11-6-7-17(20)15(2)3/h15-17H,4-14H2,1-3H3. The Hall–Kier alpha value is -0.570. The van der Waals surface area contributed by atoms with E-state index in [1.54, 1.807) is 0 Å². The van der Waals surface area contributed by atoms with E-state index in [1.165, 1.54) is 38.8 Å². The molecule has 0 saturated carbocycles. The van der Waals surface area contributed by atoms with E-state index in [0.717, 1.165) is 50.2 Å². The fourth-order valence-electron chi connectivity index (χ4n) is 4.02. The second kappa shape index (κ2) is 8.17. The fraction of sp³-hybridized carbons (Fsp3) is 0.944. The topological polar surface area (TPSA) is 23.6 Å². The van der Waals surface area contributed by atoms with E-state index in [1.807, 2.05) is 0 Å². The highest BCUT2D eigenvalue weighted by Gasteiger charge is 2.30. The molecular formula is C18H34N2O. The number of amides is 1. The lowest BCUT2D eigenvalue weighted by molar-refractivity contribution is -0.132. The predicted octanol–water partition coefficient (Wildman–Crippen LogP) is 3.54. The minimum absolute atomic E-state index is 0.386. The Morgan fingerprint density at radius 1 is 1.14 bits per heavy atom. The van der Waals surface area contributed by atoms with Crippen molar-refractivity contribution in [3.63, 3.8) is 0 Å². The number of rotatable bonds is 6. The number of piperidine rings is 1. The van der Waals surface area contributed by atoms with Crippen LogP contribution in [0.15, 0.2) is 0 Å². The van der Waals surface area contributed by atoms with Gasteiger partial charge in [0, 0.05) is 32.1 Å². The van der Waals surface area contributed by atoms with Crippen molar-refractivity contribution in [2.75, 3.05) is 26.2 Å². The summed E-state index contributed by atoms with van der Waals surface area (Å²) < 4.78 is 0. The molecule has 2 fully saturated rings. The summed E-state index contributed by atoms with van der Waals surface area (Å²) in [5.74, 6) is 1.97. The molecule has 0 spiro atoms. The molecule has 3 nitrogen and oxygen atoms in total. The lowest BCUT2D eigenvalue weighted by atomic mass is 9.94. The molecule has 0 radical (unpaired) electrons. The van der Waals surface area contributed by atoms with Gasteiger partial charge in [-0.15, -0.1) is 0 Å². The van der Waals surface area contributed by atoms with Gasteiger partial charge in [0.1, 0.15) is 0 Å². The van der Waals surface area contributed by atoms with Crippen molar-refractivity contribution in [3.8, 4) is 0 Å². The lowest BCUT2D eigenvalue weighted by Crippen LogP contribution is -2.43.